The molecule has 1 N–H and O–H groups in total. The first-order valence-corrected chi connectivity index (χ1v) is 4.83. The normalized spacial score (nSPS) is 9.94. The second-order valence-corrected chi connectivity index (χ2v) is 3.12. The molecular weight excluding hydrogens is 224 g/mol. The van der Waals surface area contributed by atoms with Gasteiger partial charge >= 0.3 is 5.97 Å². The number of hydrogen-bond acceptors (Lipinski definition) is 7. The molecule has 0 bridgehead atoms. The summed E-state index contributed by atoms with van der Waals surface area (Å²) in [7, 11) is 1.29. The van der Waals surface area contributed by atoms with E-state index in [0.29, 0.717) is 12.4 Å². The van der Waals surface area contributed by atoms with Crippen LogP contribution in [0.3, 0.4) is 0 Å². The Bertz CT molecular complexity index is 481. The van der Waals surface area contributed by atoms with E-state index in [4.69, 9.17) is 0 Å². The van der Waals surface area contributed by atoms with E-state index in [-0.39, 0.29) is 5.69 Å². The third-order valence-corrected chi connectivity index (χ3v) is 1.99. The second kappa shape index (κ2) is 5.06. The fourth-order valence-corrected chi connectivity index (χ4v) is 1.14. The summed E-state index contributed by atoms with van der Waals surface area (Å²) in [6, 6.07) is 1.74. The Morgan fingerprint density at radius 3 is 2.94 bits per heavy atom. The predicted octanol–water partition coefficient (Wildman–Crippen LogP) is 0.863. The largest absolute Gasteiger partial charge is 0.464 e. The molecule has 2 aromatic heterocycles. The number of anilines is 1. The molecule has 0 aromatic carbocycles. The summed E-state index contributed by atoms with van der Waals surface area (Å²) in [4.78, 5) is 19.0. The van der Waals surface area contributed by atoms with Crippen molar-refractivity contribution in [3.05, 3.63) is 36.1 Å². The fourth-order valence-electron chi connectivity index (χ4n) is 1.14. The third-order valence-electron chi connectivity index (χ3n) is 1.99. The van der Waals surface area contributed by atoms with Gasteiger partial charge in [0.2, 0.25) is 0 Å². The van der Waals surface area contributed by atoms with Gasteiger partial charge in [0.15, 0.2) is 5.69 Å². The van der Waals surface area contributed by atoms with Crippen molar-refractivity contribution in [1.82, 2.24) is 15.1 Å². The molecule has 2 rings (SSSR count). The lowest BCUT2D eigenvalue weighted by Crippen LogP contribution is -2.07. The SMILES string of the molecule is COC(=O)c1cnc(NCc2ccon2)cn1. The van der Waals surface area contributed by atoms with Crippen molar-refractivity contribution in [3.63, 3.8) is 0 Å². The number of ether oxygens (including phenoxy) is 1. The van der Waals surface area contributed by atoms with Crippen molar-refractivity contribution >= 4 is 11.8 Å². The van der Waals surface area contributed by atoms with Crippen LogP contribution in [-0.4, -0.2) is 28.2 Å². The van der Waals surface area contributed by atoms with Gasteiger partial charge in [-0.05, 0) is 0 Å². The third kappa shape index (κ3) is 2.77. The smallest absolute Gasteiger partial charge is 0.358 e. The van der Waals surface area contributed by atoms with Gasteiger partial charge in [0.05, 0.1) is 26.0 Å². The minimum absolute atomic E-state index is 0.166. The lowest BCUT2D eigenvalue weighted by molar-refractivity contribution is 0.0593. The maximum absolute atomic E-state index is 11.1. The van der Waals surface area contributed by atoms with Crippen LogP contribution in [0.5, 0.6) is 0 Å². The van der Waals surface area contributed by atoms with Gasteiger partial charge in [-0.2, -0.15) is 0 Å². The predicted molar refractivity (Wildman–Crippen MR) is 57.2 cm³/mol. The number of aromatic nitrogens is 3. The summed E-state index contributed by atoms with van der Waals surface area (Å²) in [6.07, 6.45) is 4.28. The zero-order valence-electron chi connectivity index (χ0n) is 9.08. The van der Waals surface area contributed by atoms with Crippen LogP contribution < -0.4 is 5.32 Å². The van der Waals surface area contributed by atoms with Crippen molar-refractivity contribution in [3.8, 4) is 0 Å². The van der Waals surface area contributed by atoms with E-state index in [1.807, 2.05) is 0 Å². The molecule has 0 atom stereocenters. The molecule has 0 aliphatic heterocycles. The van der Waals surface area contributed by atoms with Gasteiger partial charge in [0.1, 0.15) is 17.8 Å². The lowest BCUT2D eigenvalue weighted by atomic mass is 10.4. The molecule has 0 unspecified atom stereocenters. The van der Waals surface area contributed by atoms with Gasteiger partial charge in [-0.15, -0.1) is 0 Å². The van der Waals surface area contributed by atoms with E-state index in [1.54, 1.807) is 6.07 Å². The number of nitrogens with zero attached hydrogens (tertiary/aromatic N) is 3. The van der Waals surface area contributed by atoms with E-state index in [0.717, 1.165) is 5.69 Å². The van der Waals surface area contributed by atoms with E-state index in [1.165, 1.54) is 25.8 Å². The highest BCUT2D eigenvalue weighted by atomic mass is 16.5. The van der Waals surface area contributed by atoms with Gasteiger partial charge in [0.25, 0.3) is 0 Å². The monoisotopic (exact) mass is 234 g/mol. The molecule has 7 nitrogen and oxygen atoms in total. The highest BCUT2D eigenvalue weighted by molar-refractivity contribution is 5.86. The average Bonchev–Trinajstić information content (AvgIpc) is 2.89. The second-order valence-electron chi connectivity index (χ2n) is 3.12. The van der Waals surface area contributed by atoms with Crippen LogP contribution in [0.2, 0.25) is 0 Å². The van der Waals surface area contributed by atoms with E-state index in [9.17, 15) is 4.79 Å². The standard InChI is InChI=1S/C10H10N4O3/c1-16-10(15)8-5-13-9(6-11-8)12-4-7-2-3-17-14-7/h2-3,5-6H,4H2,1H3,(H,12,13). The van der Waals surface area contributed by atoms with Crippen molar-refractivity contribution in [1.29, 1.82) is 0 Å². The van der Waals surface area contributed by atoms with Gasteiger partial charge in [-0.25, -0.2) is 14.8 Å². The molecule has 0 saturated carbocycles. The first-order chi connectivity index (χ1) is 8.29. The van der Waals surface area contributed by atoms with Crippen molar-refractivity contribution in [2.75, 3.05) is 12.4 Å². The summed E-state index contributed by atoms with van der Waals surface area (Å²) in [5.74, 6) is 0.0289. The van der Waals surface area contributed by atoms with Gasteiger partial charge in [-0.3, -0.25) is 0 Å². The molecule has 0 amide bonds. The Balaban J connectivity index is 1.96. The Morgan fingerprint density at radius 2 is 2.35 bits per heavy atom. The number of carbonyl (C=O) groups is 1. The van der Waals surface area contributed by atoms with Crippen molar-refractivity contribution in [2.24, 2.45) is 0 Å². The number of hydrogen-bond donors (Lipinski definition) is 1. The quantitative estimate of drug-likeness (QED) is 0.784. The summed E-state index contributed by atoms with van der Waals surface area (Å²) in [5.41, 5.74) is 0.920. The van der Waals surface area contributed by atoms with Crippen LogP contribution in [-0.2, 0) is 11.3 Å². The Kier molecular flexibility index (Phi) is 3.29. The molecule has 2 heterocycles. The van der Waals surface area contributed by atoms with Gasteiger partial charge in [-0.1, -0.05) is 5.16 Å². The van der Waals surface area contributed by atoms with Crippen LogP contribution >= 0.6 is 0 Å². The van der Waals surface area contributed by atoms with Crippen molar-refractivity contribution in [2.45, 2.75) is 6.54 Å². The molecule has 7 heteroatoms. The fraction of sp³-hybridized carbons (Fsp3) is 0.200. The highest BCUT2D eigenvalue weighted by Gasteiger charge is 2.07. The summed E-state index contributed by atoms with van der Waals surface area (Å²) < 4.78 is 9.19. The summed E-state index contributed by atoms with van der Waals surface area (Å²) in [5, 5.41) is 6.71. The molecule has 0 aliphatic carbocycles. The van der Waals surface area contributed by atoms with E-state index in [2.05, 4.69) is 29.7 Å². The molecule has 0 fully saturated rings. The zero-order chi connectivity index (χ0) is 12.1. The first kappa shape index (κ1) is 11.1. The molecule has 88 valence electrons. The van der Waals surface area contributed by atoms with Gasteiger partial charge in [0, 0.05) is 6.07 Å². The summed E-state index contributed by atoms with van der Waals surface area (Å²) >= 11 is 0. The number of rotatable bonds is 4. The molecule has 0 saturated heterocycles. The topological polar surface area (TPSA) is 90.1 Å². The minimum Gasteiger partial charge on any atom is -0.464 e. The van der Waals surface area contributed by atoms with Crippen molar-refractivity contribution < 1.29 is 14.1 Å². The Labute approximate surface area is 96.8 Å². The van der Waals surface area contributed by atoms with E-state index >= 15 is 0 Å². The summed E-state index contributed by atoms with van der Waals surface area (Å²) in [6.45, 7) is 0.475. The molecule has 17 heavy (non-hydrogen) atoms. The number of nitrogens with one attached hydrogen (secondary N) is 1. The molecule has 0 aliphatic rings. The number of esters is 1. The molecule has 2 aromatic rings. The number of methoxy groups -OCH3 is 1. The lowest BCUT2D eigenvalue weighted by Gasteiger charge is -2.03. The van der Waals surface area contributed by atoms with Gasteiger partial charge < -0.3 is 14.6 Å². The van der Waals surface area contributed by atoms with Crippen LogP contribution in [0.15, 0.2) is 29.2 Å². The van der Waals surface area contributed by atoms with Crippen LogP contribution in [0.25, 0.3) is 0 Å². The molecular formula is C10H10N4O3. The van der Waals surface area contributed by atoms with Crippen LogP contribution in [0.4, 0.5) is 5.82 Å². The number of carbonyl (C=O) groups excluding carboxylic acids is 1. The van der Waals surface area contributed by atoms with Crippen LogP contribution in [0, 0.1) is 0 Å². The first-order valence-electron chi connectivity index (χ1n) is 4.83. The maximum atomic E-state index is 11.1. The Morgan fingerprint density at radius 1 is 1.47 bits per heavy atom. The molecule has 0 spiro atoms. The van der Waals surface area contributed by atoms with Crippen LogP contribution in [0.1, 0.15) is 16.2 Å². The maximum Gasteiger partial charge on any atom is 0.358 e. The highest BCUT2D eigenvalue weighted by Crippen LogP contribution is 2.04. The Hall–Kier alpha value is -2.44. The minimum atomic E-state index is -0.513. The average molecular weight is 234 g/mol. The molecule has 0 radical (unpaired) electrons. The van der Waals surface area contributed by atoms with E-state index < -0.39 is 5.97 Å². The zero-order valence-corrected chi connectivity index (χ0v) is 9.08.